The third-order valence-corrected chi connectivity index (χ3v) is 12.5. The van der Waals surface area contributed by atoms with Gasteiger partial charge in [0.15, 0.2) is 0 Å². The lowest BCUT2D eigenvalue weighted by Crippen LogP contribution is -2.32. The van der Waals surface area contributed by atoms with E-state index in [0.29, 0.717) is 34.2 Å². The third-order valence-electron chi connectivity index (χ3n) is 6.30. The monoisotopic (exact) mass is 690 g/mol. The van der Waals surface area contributed by atoms with E-state index in [9.17, 15) is 32.7 Å². The molecule has 18 heteroatoms. The Hall–Kier alpha value is -2.48. The van der Waals surface area contributed by atoms with Gasteiger partial charge < -0.3 is 14.6 Å². The van der Waals surface area contributed by atoms with Crippen LogP contribution in [0.3, 0.4) is 0 Å². The van der Waals surface area contributed by atoms with Gasteiger partial charge in [-0.25, -0.2) is 0 Å². The number of thioether (sulfide) groups is 2. The molecular weight excluding hydrogens is 665 g/mol. The Kier molecular flexibility index (Phi) is 9.75. The minimum atomic E-state index is -4.03. The van der Waals surface area contributed by atoms with Crippen LogP contribution in [0, 0.1) is 9.20 Å². The van der Waals surface area contributed by atoms with Crippen LogP contribution < -0.4 is 20.3 Å². The Morgan fingerprint density at radius 3 is 2.38 bits per heavy atom. The number of hydrogen-bond donors (Lipinski definition) is 2. The van der Waals surface area contributed by atoms with Crippen LogP contribution in [-0.2, 0) is 33.3 Å². The number of thiocarbonyl (C=S) groups is 1. The van der Waals surface area contributed by atoms with Crippen molar-refractivity contribution in [3.63, 3.8) is 0 Å². The Morgan fingerprint density at radius 1 is 1.10 bits per heavy atom. The lowest BCUT2D eigenvalue weighted by Gasteiger charge is -2.21. The molecule has 12 nitrogen and oxygen atoms in total. The maximum atomic E-state index is 13.5. The predicted octanol–water partition coefficient (Wildman–Crippen LogP) is 1.23. The maximum absolute atomic E-state index is 13.5. The molecule has 4 heterocycles. The minimum Gasteiger partial charge on any atom is -0.480 e. The van der Waals surface area contributed by atoms with Gasteiger partial charge in [-0.2, -0.15) is 8.42 Å². The van der Waals surface area contributed by atoms with Crippen molar-refractivity contribution in [3.05, 3.63) is 61.3 Å². The molecule has 42 heavy (non-hydrogen) atoms. The molecule has 0 aromatic carbocycles. The Balaban J connectivity index is 1.86. The highest BCUT2D eigenvalue weighted by atomic mass is 32.2. The van der Waals surface area contributed by atoms with Gasteiger partial charge in [-0.05, 0) is 43.7 Å². The molecule has 1 saturated heterocycles. The number of aromatic nitrogens is 2. The van der Waals surface area contributed by atoms with Gasteiger partial charge in [0.2, 0.25) is 0 Å². The van der Waals surface area contributed by atoms with Gasteiger partial charge in [-0.15, -0.1) is 22.7 Å². The number of carboxylic acids is 1. The van der Waals surface area contributed by atoms with Crippen LogP contribution in [0.15, 0.2) is 31.8 Å². The van der Waals surface area contributed by atoms with Crippen LogP contribution in [-0.4, -0.2) is 72.6 Å². The number of carbonyl (C=O) groups excluding carboxylic acids is 1. The average molecular weight is 691 g/mol. The summed E-state index contributed by atoms with van der Waals surface area (Å²) in [5, 5.41) is 12.2. The molecule has 226 valence electrons. The van der Waals surface area contributed by atoms with E-state index in [0.717, 1.165) is 49.7 Å². The number of unbranched alkanes of at least 4 members (excludes halogenated alkanes) is 1. The van der Waals surface area contributed by atoms with Crippen molar-refractivity contribution in [1.29, 1.82) is 0 Å². The fraction of sp³-hybridized carbons (Fsp3) is 0.375. The highest BCUT2D eigenvalue weighted by Gasteiger charge is 2.31. The smallest absolute Gasteiger partial charge is 0.323 e. The molecule has 0 radical (unpaired) electrons. The molecule has 0 aliphatic carbocycles. The summed E-state index contributed by atoms with van der Waals surface area (Å²) in [6.07, 6.45) is 2.67. The quantitative estimate of drug-likeness (QED) is 0.232. The molecule has 1 fully saturated rings. The number of nitrogens with zero attached hydrogens (tertiary/aromatic N) is 4. The second-order valence-corrected chi connectivity index (χ2v) is 15.5. The van der Waals surface area contributed by atoms with Crippen LogP contribution in [0.4, 0.5) is 0 Å². The topological polar surface area (TPSA) is 159 Å². The minimum absolute atomic E-state index is 0.136. The molecule has 0 spiro atoms. The molecule has 2 aromatic heterocycles. The van der Waals surface area contributed by atoms with Gasteiger partial charge in [-0.1, -0.05) is 35.7 Å². The summed E-state index contributed by atoms with van der Waals surface area (Å²) >= 11 is 9.70. The van der Waals surface area contributed by atoms with E-state index in [1.165, 1.54) is 35.3 Å². The molecule has 2 N–H and O–H groups in total. The molecule has 0 bridgehead atoms. The van der Waals surface area contributed by atoms with E-state index >= 15 is 0 Å². The summed E-state index contributed by atoms with van der Waals surface area (Å²) in [7, 11) is -0.995. The van der Waals surface area contributed by atoms with E-state index in [4.69, 9.17) is 16.8 Å². The van der Waals surface area contributed by atoms with Gasteiger partial charge in [0.05, 0.1) is 15.3 Å². The zero-order chi connectivity index (χ0) is 31.1. The number of allylic oxidation sites excluding steroid dienone is 2. The van der Waals surface area contributed by atoms with Crippen molar-refractivity contribution >= 4 is 95.2 Å². The van der Waals surface area contributed by atoms with Crippen molar-refractivity contribution in [3.8, 4) is 0 Å². The predicted molar refractivity (Wildman–Crippen MR) is 170 cm³/mol. The van der Waals surface area contributed by atoms with Crippen molar-refractivity contribution < 1.29 is 27.7 Å². The molecule has 4 rings (SSSR count). The number of carboxylic acid groups (broad SMARTS) is 1. The first kappa shape index (κ1) is 32.4. The van der Waals surface area contributed by atoms with Crippen LogP contribution in [0.25, 0.3) is 10.5 Å². The fourth-order valence-corrected chi connectivity index (χ4v) is 9.45. The number of thiazole rings is 2. The molecule has 2 aliphatic heterocycles. The van der Waals surface area contributed by atoms with E-state index in [1.807, 2.05) is 23.3 Å². The van der Waals surface area contributed by atoms with Crippen molar-refractivity contribution in [1.82, 2.24) is 18.9 Å². The Morgan fingerprint density at radius 2 is 1.79 bits per heavy atom. The van der Waals surface area contributed by atoms with Crippen molar-refractivity contribution in [2.24, 2.45) is 7.05 Å². The summed E-state index contributed by atoms with van der Waals surface area (Å²) < 4.78 is 34.7. The van der Waals surface area contributed by atoms with Gasteiger partial charge in [0.25, 0.3) is 27.1 Å². The highest BCUT2D eigenvalue weighted by Crippen LogP contribution is 2.35. The third kappa shape index (κ3) is 6.68. The Labute approximate surface area is 261 Å². The molecule has 0 atom stereocenters. The summed E-state index contributed by atoms with van der Waals surface area (Å²) in [5.41, 5.74) is 0.639. The van der Waals surface area contributed by atoms with Crippen LogP contribution in [0.5, 0.6) is 0 Å². The Bertz CT molecular complexity index is 2020. The number of hydrogen-bond acceptors (Lipinski definition) is 12. The van der Waals surface area contributed by atoms with Gasteiger partial charge in [0, 0.05) is 26.3 Å². The molecule has 2 aliphatic rings. The van der Waals surface area contributed by atoms with E-state index in [1.54, 1.807) is 6.92 Å². The number of aliphatic carboxylic acids is 1. The van der Waals surface area contributed by atoms with Gasteiger partial charge >= 0.3 is 5.97 Å². The van der Waals surface area contributed by atoms with Crippen LogP contribution >= 0.6 is 58.4 Å². The molecule has 1 amide bonds. The molecule has 0 saturated carbocycles. The van der Waals surface area contributed by atoms with Crippen LogP contribution in [0.1, 0.15) is 26.7 Å². The lowest BCUT2D eigenvalue weighted by atomic mass is 10.2. The van der Waals surface area contributed by atoms with E-state index in [2.05, 4.69) is 0 Å². The van der Waals surface area contributed by atoms with Crippen molar-refractivity contribution in [2.45, 2.75) is 33.2 Å². The zero-order valence-corrected chi connectivity index (χ0v) is 27.7. The maximum Gasteiger partial charge on any atom is 0.323 e. The van der Waals surface area contributed by atoms with Crippen molar-refractivity contribution in [2.75, 3.05) is 19.3 Å². The van der Waals surface area contributed by atoms with E-state index in [-0.39, 0.29) is 29.7 Å². The normalized spacial score (nSPS) is 19.7. The highest BCUT2D eigenvalue weighted by molar-refractivity contribution is 8.30. The second kappa shape index (κ2) is 12.6. The molecular formula is C24H26N4O8S6. The zero-order valence-electron chi connectivity index (χ0n) is 22.8. The first-order valence-corrected chi connectivity index (χ1v) is 17.6. The van der Waals surface area contributed by atoms with Crippen LogP contribution in [0.2, 0.25) is 0 Å². The second-order valence-electron chi connectivity index (χ2n) is 9.37. The summed E-state index contributed by atoms with van der Waals surface area (Å²) in [6, 6.07) is 0. The summed E-state index contributed by atoms with van der Waals surface area (Å²) in [4.78, 5) is 54.6. The first-order valence-electron chi connectivity index (χ1n) is 12.2. The summed E-state index contributed by atoms with van der Waals surface area (Å²) in [5.74, 6) is -2.01. The van der Waals surface area contributed by atoms with E-state index < -0.39 is 34.1 Å². The number of carbonyl (C=O) groups is 2. The standard InChI is InChI=1S/C24H26N4O8S6/c1-12(9-14-27(13(2)11-38-14)7-5-6-8-42(34,35)36)16-19(31)25(3)22(39-16)18-21(33)28(10-15(29)30)23(40-18)17-20(32)26(4)24(37)41-17/h9,11H,5-8,10H2,1-4H3,(H,29,30)(H,34,35,36)/b14-9?,16-12?,22-18+,23-17+. The number of rotatable bonds is 8. The van der Waals surface area contributed by atoms with Gasteiger partial charge in [-0.3, -0.25) is 33.2 Å². The molecule has 0 unspecified atom stereocenters. The fourth-order valence-electron chi connectivity index (χ4n) is 4.11. The summed E-state index contributed by atoms with van der Waals surface area (Å²) in [6.45, 7) is 3.55. The molecule has 2 aromatic rings. The van der Waals surface area contributed by atoms with Gasteiger partial charge in [0.1, 0.15) is 29.6 Å². The average Bonchev–Trinajstić information content (AvgIpc) is 3.58. The SMILES string of the molecule is CC1=CSC(=CC(C)=c2s/c(=c3/s/c(=C4/SC(=S)N(C)C4=O)n(CC(=O)O)c3=O)n(C)c2=O)N1CCCCS(=O)(=O)O. The number of amides is 1. The first-order chi connectivity index (χ1) is 19.6. The lowest BCUT2D eigenvalue weighted by molar-refractivity contribution is -0.137. The largest absolute Gasteiger partial charge is 0.480 e.